The number of amides is 1. The first-order valence-corrected chi connectivity index (χ1v) is 12.4. The summed E-state index contributed by atoms with van der Waals surface area (Å²) in [5.74, 6) is -0.564. The Morgan fingerprint density at radius 1 is 1.22 bits per heavy atom. The molecule has 9 heteroatoms. The number of piperidine rings is 1. The van der Waals surface area contributed by atoms with Crippen molar-refractivity contribution in [1.29, 1.82) is 0 Å². The molecular weight excluding hydrogens is 433 g/mol. The Hall–Kier alpha value is -2.49. The van der Waals surface area contributed by atoms with Crippen molar-refractivity contribution in [3.05, 3.63) is 53.8 Å². The van der Waals surface area contributed by atoms with E-state index in [0.29, 0.717) is 18.5 Å². The maximum atomic E-state index is 14.6. The van der Waals surface area contributed by atoms with E-state index in [2.05, 4.69) is 16.0 Å². The summed E-state index contributed by atoms with van der Waals surface area (Å²) in [7, 11) is -4.04. The number of fused-ring (bicyclic) bond motifs is 1. The van der Waals surface area contributed by atoms with Gasteiger partial charge in [0.15, 0.2) is 11.6 Å². The molecule has 2 fully saturated rings. The summed E-state index contributed by atoms with van der Waals surface area (Å²) in [5.41, 5.74) is 0.762. The molecule has 7 nitrogen and oxygen atoms in total. The van der Waals surface area contributed by atoms with Crippen molar-refractivity contribution in [2.24, 2.45) is 5.92 Å². The van der Waals surface area contributed by atoms with Crippen LogP contribution in [0.1, 0.15) is 25.3 Å². The quantitative estimate of drug-likeness (QED) is 0.584. The summed E-state index contributed by atoms with van der Waals surface area (Å²) in [5, 5.41) is 9.71. The van der Waals surface area contributed by atoms with Crippen LogP contribution in [0.2, 0.25) is 0 Å². The maximum absolute atomic E-state index is 14.6. The van der Waals surface area contributed by atoms with E-state index in [9.17, 15) is 17.6 Å². The lowest BCUT2D eigenvalue weighted by atomic mass is 9.94. The van der Waals surface area contributed by atoms with E-state index in [-0.39, 0.29) is 29.2 Å². The van der Waals surface area contributed by atoms with Crippen molar-refractivity contribution < 1.29 is 22.3 Å². The number of nitrogens with one attached hydrogen (secondary N) is 3. The molecule has 2 aromatic rings. The summed E-state index contributed by atoms with van der Waals surface area (Å²) >= 11 is 0. The van der Waals surface area contributed by atoms with Crippen LogP contribution in [0.3, 0.4) is 0 Å². The highest BCUT2D eigenvalue weighted by Gasteiger charge is 2.38. The molecule has 2 heterocycles. The van der Waals surface area contributed by atoms with Gasteiger partial charge in [-0.1, -0.05) is 18.2 Å². The standard InChI is InChI=1S/C23H28FN3O4S/c1-2-31-20-4-3-5-21(22(20)24)32(29,30)17-8-6-15(7-9-17)13-26-23(28)19-12-16-14-25-11-10-18(16)27-19/h3-9,16,18-19,25,27H,2,10-14H2,1H3,(H,26,28). The fourth-order valence-electron chi connectivity index (χ4n) is 4.39. The van der Waals surface area contributed by atoms with Crippen LogP contribution < -0.4 is 20.7 Å². The average Bonchev–Trinajstić information content (AvgIpc) is 3.24. The van der Waals surface area contributed by atoms with Gasteiger partial charge in [-0.2, -0.15) is 0 Å². The number of hydrogen-bond acceptors (Lipinski definition) is 6. The molecule has 0 aromatic heterocycles. The largest absolute Gasteiger partial charge is 0.491 e. The van der Waals surface area contributed by atoms with Crippen molar-refractivity contribution in [1.82, 2.24) is 16.0 Å². The first-order valence-electron chi connectivity index (χ1n) is 10.9. The van der Waals surface area contributed by atoms with Crippen LogP contribution in [0.5, 0.6) is 5.75 Å². The van der Waals surface area contributed by atoms with E-state index >= 15 is 0 Å². The van der Waals surface area contributed by atoms with Crippen molar-refractivity contribution in [2.75, 3.05) is 19.7 Å². The van der Waals surface area contributed by atoms with Gasteiger partial charge in [-0.25, -0.2) is 12.8 Å². The minimum absolute atomic E-state index is 0.0193. The molecule has 3 N–H and O–H groups in total. The third kappa shape index (κ3) is 4.65. The molecule has 0 saturated carbocycles. The molecule has 2 aromatic carbocycles. The van der Waals surface area contributed by atoms with E-state index < -0.39 is 20.5 Å². The summed E-state index contributed by atoms with van der Waals surface area (Å²) in [4.78, 5) is 12.1. The molecule has 0 spiro atoms. The molecule has 2 aliphatic rings. The molecule has 32 heavy (non-hydrogen) atoms. The number of carbonyl (C=O) groups excluding carboxylic acids is 1. The smallest absolute Gasteiger partial charge is 0.237 e. The van der Waals surface area contributed by atoms with Crippen LogP contribution in [0.4, 0.5) is 4.39 Å². The molecule has 172 valence electrons. The molecular formula is C23H28FN3O4S. The Balaban J connectivity index is 1.40. The van der Waals surface area contributed by atoms with Gasteiger partial charge in [0.2, 0.25) is 15.7 Å². The summed E-state index contributed by atoms with van der Waals surface area (Å²) in [6.45, 7) is 4.13. The SMILES string of the molecule is CCOc1cccc(S(=O)(=O)c2ccc(CNC(=O)C3CC4CNCCC4N3)cc2)c1F. The fourth-order valence-corrected chi connectivity index (χ4v) is 5.74. The Kier molecular flexibility index (Phi) is 6.78. The normalized spacial score (nSPS) is 22.9. The van der Waals surface area contributed by atoms with E-state index in [1.807, 2.05) is 0 Å². The lowest BCUT2D eigenvalue weighted by Gasteiger charge is -2.25. The third-order valence-electron chi connectivity index (χ3n) is 6.10. The Labute approximate surface area is 187 Å². The topological polar surface area (TPSA) is 96.5 Å². The predicted molar refractivity (Wildman–Crippen MR) is 118 cm³/mol. The first kappa shape index (κ1) is 22.7. The maximum Gasteiger partial charge on any atom is 0.237 e. The second-order valence-electron chi connectivity index (χ2n) is 8.18. The van der Waals surface area contributed by atoms with Crippen LogP contribution in [0, 0.1) is 11.7 Å². The highest BCUT2D eigenvalue weighted by Crippen LogP contribution is 2.29. The van der Waals surface area contributed by atoms with Crippen molar-refractivity contribution >= 4 is 15.7 Å². The Bertz CT molecular complexity index is 1060. The number of halogens is 1. The van der Waals surface area contributed by atoms with Crippen molar-refractivity contribution in [3.63, 3.8) is 0 Å². The van der Waals surface area contributed by atoms with Gasteiger partial charge in [0.1, 0.15) is 4.90 Å². The average molecular weight is 462 g/mol. The molecule has 0 radical (unpaired) electrons. The molecule has 1 amide bonds. The zero-order chi connectivity index (χ0) is 22.7. The summed E-state index contributed by atoms with van der Waals surface area (Å²) in [6, 6.07) is 10.4. The first-order chi connectivity index (χ1) is 15.4. The molecule has 0 aliphatic carbocycles. The number of hydrogen-bond donors (Lipinski definition) is 3. The molecule has 2 saturated heterocycles. The predicted octanol–water partition coefficient (Wildman–Crippen LogP) is 2.01. The van der Waals surface area contributed by atoms with E-state index in [1.165, 1.54) is 30.3 Å². The number of benzene rings is 2. The van der Waals surface area contributed by atoms with Gasteiger partial charge in [0, 0.05) is 12.6 Å². The van der Waals surface area contributed by atoms with Gasteiger partial charge in [-0.05, 0) is 68.6 Å². The molecule has 4 rings (SSSR count). The monoisotopic (exact) mass is 461 g/mol. The van der Waals surface area contributed by atoms with Gasteiger partial charge in [0.05, 0.1) is 17.5 Å². The van der Waals surface area contributed by atoms with Crippen LogP contribution in [0.25, 0.3) is 0 Å². The number of sulfone groups is 1. The zero-order valence-electron chi connectivity index (χ0n) is 17.9. The number of ether oxygens (including phenoxy) is 1. The fraction of sp³-hybridized carbons (Fsp3) is 0.435. The summed E-state index contributed by atoms with van der Waals surface area (Å²) in [6.07, 6.45) is 1.84. The van der Waals surface area contributed by atoms with Gasteiger partial charge in [-0.15, -0.1) is 0 Å². The van der Waals surface area contributed by atoms with Gasteiger partial charge < -0.3 is 20.7 Å². The van der Waals surface area contributed by atoms with E-state index in [1.54, 1.807) is 19.1 Å². The van der Waals surface area contributed by atoms with Gasteiger partial charge >= 0.3 is 0 Å². The van der Waals surface area contributed by atoms with Crippen LogP contribution in [0.15, 0.2) is 52.3 Å². The highest BCUT2D eigenvalue weighted by atomic mass is 32.2. The van der Waals surface area contributed by atoms with Crippen LogP contribution in [-0.4, -0.2) is 46.1 Å². The van der Waals surface area contributed by atoms with Crippen LogP contribution in [-0.2, 0) is 21.2 Å². The van der Waals surface area contributed by atoms with E-state index in [4.69, 9.17) is 4.74 Å². The summed E-state index contributed by atoms with van der Waals surface area (Å²) < 4.78 is 45.6. The molecule has 3 atom stereocenters. The lowest BCUT2D eigenvalue weighted by Crippen LogP contribution is -2.45. The molecule has 2 aliphatic heterocycles. The Morgan fingerprint density at radius 2 is 2.00 bits per heavy atom. The van der Waals surface area contributed by atoms with E-state index in [0.717, 1.165) is 31.5 Å². The number of rotatable bonds is 7. The number of carbonyl (C=O) groups is 1. The minimum Gasteiger partial charge on any atom is -0.491 e. The highest BCUT2D eigenvalue weighted by molar-refractivity contribution is 7.91. The molecule has 0 bridgehead atoms. The molecule has 3 unspecified atom stereocenters. The third-order valence-corrected chi connectivity index (χ3v) is 7.88. The minimum atomic E-state index is -4.04. The second-order valence-corrected chi connectivity index (χ2v) is 10.1. The van der Waals surface area contributed by atoms with Gasteiger partial charge in [-0.3, -0.25) is 4.79 Å². The zero-order valence-corrected chi connectivity index (χ0v) is 18.8. The van der Waals surface area contributed by atoms with Crippen molar-refractivity contribution in [3.8, 4) is 5.75 Å². The lowest BCUT2D eigenvalue weighted by molar-refractivity contribution is -0.123. The van der Waals surface area contributed by atoms with Crippen molar-refractivity contribution in [2.45, 2.75) is 48.2 Å². The Morgan fingerprint density at radius 3 is 2.72 bits per heavy atom. The second kappa shape index (κ2) is 9.56. The van der Waals surface area contributed by atoms with Crippen LogP contribution >= 0.6 is 0 Å². The van der Waals surface area contributed by atoms with Gasteiger partial charge in [0.25, 0.3) is 0 Å².